The van der Waals surface area contributed by atoms with Gasteiger partial charge in [-0.15, -0.1) is 0 Å². The Labute approximate surface area is 108 Å². The third-order valence-electron chi connectivity index (χ3n) is 3.33. The normalized spacial score (nSPS) is 18.9. The van der Waals surface area contributed by atoms with Crippen molar-refractivity contribution in [1.29, 1.82) is 0 Å². The lowest BCUT2D eigenvalue weighted by Gasteiger charge is -2.23. The molecule has 1 fully saturated rings. The summed E-state index contributed by atoms with van der Waals surface area (Å²) in [6.45, 7) is 7.03. The molecule has 1 aliphatic heterocycles. The Morgan fingerprint density at radius 2 is 2.39 bits per heavy atom. The van der Waals surface area contributed by atoms with Gasteiger partial charge in [-0.1, -0.05) is 0 Å². The first-order valence-electron chi connectivity index (χ1n) is 6.50. The number of ether oxygens (including phenoxy) is 1. The highest BCUT2D eigenvalue weighted by Gasteiger charge is 2.22. The molecule has 0 spiro atoms. The van der Waals surface area contributed by atoms with Crippen LogP contribution in [0.5, 0.6) is 0 Å². The summed E-state index contributed by atoms with van der Waals surface area (Å²) in [6, 6.07) is 3.72. The summed E-state index contributed by atoms with van der Waals surface area (Å²) in [7, 11) is 0. The van der Waals surface area contributed by atoms with Crippen LogP contribution in [-0.4, -0.2) is 42.1 Å². The van der Waals surface area contributed by atoms with Gasteiger partial charge in [-0.2, -0.15) is 0 Å². The monoisotopic (exact) mass is 248 g/mol. The van der Waals surface area contributed by atoms with Crippen LogP contribution in [0, 0.1) is 12.8 Å². The zero-order valence-corrected chi connectivity index (χ0v) is 11.1. The van der Waals surface area contributed by atoms with Gasteiger partial charge in [0.1, 0.15) is 0 Å². The first kappa shape index (κ1) is 13.0. The second-order valence-corrected chi connectivity index (χ2v) is 4.76. The molecule has 0 aromatic carbocycles. The molecule has 0 aliphatic carbocycles. The van der Waals surface area contributed by atoms with Gasteiger partial charge in [0.15, 0.2) is 0 Å². The SMILES string of the molecule is CCN(CC1CCOC1)C(=O)c1ccc(C)nc1. The number of nitrogens with zero attached hydrogens (tertiary/aromatic N) is 2. The highest BCUT2D eigenvalue weighted by atomic mass is 16.5. The number of carbonyl (C=O) groups is 1. The van der Waals surface area contributed by atoms with Crippen molar-refractivity contribution < 1.29 is 9.53 Å². The molecule has 4 heteroatoms. The number of rotatable bonds is 4. The van der Waals surface area contributed by atoms with E-state index < -0.39 is 0 Å². The predicted octanol–water partition coefficient (Wildman–Crippen LogP) is 1.89. The minimum absolute atomic E-state index is 0.0666. The van der Waals surface area contributed by atoms with E-state index in [-0.39, 0.29) is 5.91 Å². The molecule has 1 aliphatic rings. The molecule has 0 N–H and O–H groups in total. The molecule has 98 valence electrons. The minimum atomic E-state index is 0.0666. The van der Waals surface area contributed by atoms with Crippen molar-refractivity contribution in [3.05, 3.63) is 29.6 Å². The van der Waals surface area contributed by atoms with Gasteiger partial charge in [0.2, 0.25) is 0 Å². The number of pyridine rings is 1. The molecule has 0 radical (unpaired) electrons. The Balaban J connectivity index is 2.02. The summed E-state index contributed by atoms with van der Waals surface area (Å²) < 4.78 is 5.35. The van der Waals surface area contributed by atoms with Crippen LogP contribution in [0.2, 0.25) is 0 Å². The van der Waals surface area contributed by atoms with E-state index >= 15 is 0 Å². The molecule has 4 nitrogen and oxygen atoms in total. The zero-order chi connectivity index (χ0) is 13.0. The van der Waals surface area contributed by atoms with Gasteiger partial charge in [-0.3, -0.25) is 9.78 Å². The lowest BCUT2D eigenvalue weighted by atomic mass is 10.1. The van der Waals surface area contributed by atoms with Gasteiger partial charge < -0.3 is 9.64 Å². The summed E-state index contributed by atoms with van der Waals surface area (Å²) in [5.74, 6) is 0.546. The Morgan fingerprint density at radius 3 is 2.94 bits per heavy atom. The highest BCUT2D eigenvalue weighted by molar-refractivity contribution is 5.93. The molecule has 1 unspecified atom stereocenters. The summed E-state index contributed by atoms with van der Waals surface area (Å²) in [5.41, 5.74) is 1.60. The van der Waals surface area contributed by atoms with Crippen molar-refractivity contribution >= 4 is 5.91 Å². The van der Waals surface area contributed by atoms with Crippen molar-refractivity contribution in [3.63, 3.8) is 0 Å². The fraction of sp³-hybridized carbons (Fsp3) is 0.571. The van der Waals surface area contributed by atoms with Crippen molar-refractivity contribution in [2.75, 3.05) is 26.3 Å². The van der Waals surface area contributed by atoms with Gasteiger partial charge in [0.05, 0.1) is 12.2 Å². The topological polar surface area (TPSA) is 42.4 Å². The second-order valence-electron chi connectivity index (χ2n) is 4.76. The molecular formula is C14H20N2O2. The Morgan fingerprint density at radius 1 is 1.56 bits per heavy atom. The standard InChI is InChI=1S/C14H20N2O2/c1-3-16(9-12-6-7-18-10-12)14(17)13-5-4-11(2)15-8-13/h4-5,8,12H,3,6-7,9-10H2,1-2H3. The van der Waals surface area contributed by atoms with Crippen LogP contribution in [-0.2, 0) is 4.74 Å². The van der Waals surface area contributed by atoms with Gasteiger partial charge in [0, 0.05) is 37.5 Å². The lowest BCUT2D eigenvalue weighted by Crippen LogP contribution is -2.35. The molecule has 1 saturated heterocycles. The fourth-order valence-corrected chi connectivity index (χ4v) is 2.17. The largest absolute Gasteiger partial charge is 0.381 e. The van der Waals surface area contributed by atoms with Crippen LogP contribution in [0.15, 0.2) is 18.3 Å². The first-order valence-corrected chi connectivity index (χ1v) is 6.50. The van der Waals surface area contributed by atoms with Crippen molar-refractivity contribution in [3.8, 4) is 0 Å². The van der Waals surface area contributed by atoms with E-state index in [9.17, 15) is 4.79 Å². The summed E-state index contributed by atoms with van der Waals surface area (Å²) >= 11 is 0. The van der Waals surface area contributed by atoms with Crippen LogP contribution < -0.4 is 0 Å². The van der Waals surface area contributed by atoms with E-state index in [1.807, 2.05) is 30.9 Å². The molecule has 1 amide bonds. The van der Waals surface area contributed by atoms with E-state index in [1.165, 1.54) is 0 Å². The van der Waals surface area contributed by atoms with Crippen molar-refractivity contribution in [2.45, 2.75) is 20.3 Å². The second kappa shape index (κ2) is 5.96. The van der Waals surface area contributed by atoms with E-state index in [0.29, 0.717) is 11.5 Å². The quantitative estimate of drug-likeness (QED) is 0.817. The number of aryl methyl sites for hydroxylation is 1. The number of carbonyl (C=O) groups excluding carboxylic acids is 1. The van der Waals surface area contributed by atoms with Crippen molar-refractivity contribution in [2.24, 2.45) is 5.92 Å². The molecule has 1 atom stereocenters. The van der Waals surface area contributed by atoms with Gasteiger partial charge in [0.25, 0.3) is 5.91 Å². The van der Waals surface area contributed by atoms with Crippen molar-refractivity contribution in [1.82, 2.24) is 9.88 Å². The van der Waals surface area contributed by atoms with Gasteiger partial charge >= 0.3 is 0 Å². The highest BCUT2D eigenvalue weighted by Crippen LogP contribution is 2.15. The molecule has 1 aromatic rings. The summed E-state index contributed by atoms with van der Waals surface area (Å²) in [4.78, 5) is 18.4. The Bertz CT molecular complexity index is 397. The zero-order valence-electron chi connectivity index (χ0n) is 11.1. The Kier molecular flexibility index (Phi) is 4.31. The Hall–Kier alpha value is -1.42. The van der Waals surface area contributed by atoms with Crippen LogP contribution in [0.25, 0.3) is 0 Å². The van der Waals surface area contributed by atoms with Gasteiger partial charge in [-0.25, -0.2) is 0 Å². The molecule has 0 saturated carbocycles. The number of aromatic nitrogens is 1. The average Bonchev–Trinajstić information content (AvgIpc) is 2.89. The van der Waals surface area contributed by atoms with Gasteiger partial charge in [-0.05, 0) is 32.4 Å². The van der Waals surface area contributed by atoms with Crippen LogP contribution in [0.1, 0.15) is 29.4 Å². The third kappa shape index (κ3) is 3.07. The molecule has 0 bridgehead atoms. The van der Waals surface area contributed by atoms with Crippen LogP contribution in [0.3, 0.4) is 0 Å². The molecule has 2 rings (SSSR count). The van der Waals surface area contributed by atoms with Crippen LogP contribution >= 0.6 is 0 Å². The van der Waals surface area contributed by atoms with Crippen LogP contribution in [0.4, 0.5) is 0 Å². The van der Waals surface area contributed by atoms with E-state index in [1.54, 1.807) is 6.20 Å². The molecule has 1 aromatic heterocycles. The number of hydrogen-bond acceptors (Lipinski definition) is 3. The summed E-state index contributed by atoms with van der Waals surface area (Å²) in [6.07, 6.45) is 2.71. The first-order chi connectivity index (χ1) is 8.70. The van der Waals surface area contributed by atoms with E-state index in [0.717, 1.165) is 38.4 Å². The molecular weight excluding hydrogens is 228 g/mol. The maximum atomic E-state index is 12.3. The maximum Gasteiger partial charge on any atom is 0.255 e. The summed E-state index contributed by atoms with van der Waals surface area (Å²) in [5, 5.41) is 0. The van der Waals surface area contributed by atoms with E-state index in [2.05, 4.69) is 4.98 Å². The molecule has 2 heterocycles. The molecule has 18 heavy (non-hydrogen) atoms. The lowest BCUT2D eigenvalue weighted by molar-refractivity contribution is 0.0730. The number of amides is 1. The fourth-order valence-electron chi connectivity index (χ4n) is 2.17. The predicted molar refractivity (Wildman–Crippen MR) is 69.5 cm³/mol. The average molecular weight is 248 g/mol. The van der Waals surface area contributed by atoms with E-state index in [4.69, 9.17) is 4.74 Å². The number of hydrogen-bond donors (Lipinski definition) is 0. The third-order valence-corrected chi connectivity index (χ3v) is 3.33. The maximum absolute atomic E-state index is 12.3. The smallest absolute Gasteiger partial charge is 0.255 e. The minimum Gasteiger partial charge on any atom is -0.381 e.